The molecule has 3 heteroatoms. The summed E-state index contributed by atoms with van der Waals surface area (Å²) in [5.41, 5.74) is 0. The fourth-order valence-corrected chi connectivity index (χ4v) is 2.53. The lowest BCUT2D eigenvalue weighted by Gasteiger charge is -2.24. The molecule has 108 valence electrons. The summed E-state index contributed by atoms with van der Waals surface area (Å²) in [5, 5.41) is 3.61. The fourth-order valence-electron chi connectivity index (χ4n) is 2.53. The second-order valence-corrected chi connectivity index (χ2v) is 5.62. The summed E-state index contributed by atoms with van der Waals surface area (Å²) < 4.78 is 11.4. The van der Waals surface area contributed by atoms with E-state index in [1.54, 1.807) is 0 Å². The van der Waals surface area contributed by atoms with Gasteiger partial charge in [0.1, 0.15) is 0 Å². The number of hydrogen-bond donors (Lipinski definition) is 1. The number of ether oxygens (including phenoxy) is 2. The summed E-state index contributed by atoms with van der Waals surface area (Å²) in [6.45, 7) is 11.3. The fraction of sp³-hybridized carbons (Fsp3) is 1.00. The van der Waals surface area contributed by atoms with Crippen LogP contribution in [0.3, 0.4) is 0 Å². The van der Waals surface area contributed by atoms with Crippen molar-refractivity contribution in [3.63, 3.8) is 0 Å². The van der Waals surface area contributed by atoms with Crippen LogP contribution in [0.5, 0.6) is 0 Å². The lowest BCUT2D eigenvalue weighted by atomic mass is 9.99. The molecule has 1 N–H and O–H groups in total. The van der Waals surface area contributed by atoms with Crippen LogP contribution in [0.25, 0.3) is 0 Å². The maximum Gasteiger partial charge on any atom is 0.0623 e. The Kier molecular flexibility index (Phi) is 8.64. The minimum Gasteiger partial charge on any atom is -0.381 e. The zero-order valence-electron chi connectivity index (χ0n) is 12.4. The van der Waals surface area contributed by atoms with Crippen LogP contribution in [-0.4, -0.2) is 39.0 Å². The molecular formula is C15H31NO2. The van der Waals surface area contributed by atoms with Crippen molar-refractivity contribution in [3.8, 4) is 0 Å². The smallest absolute Gasteiger partial charge is 0.0623 e. The highest BCUT2D eigenvalue weighted by Gasteiger charge is 2.25. The van der Waals surface area contributed by atoms with Gasteiger partial charge in [0.2, 0.25) is 0 Å². The Balaban J connectivity index is 2.22. The summed E-state index contributed by atoms with van der Waals surface area (Å²) in [6, 6.07) is 0.473. The third-order valence-corrected chi connectivity index (χ3v) is 3.67. The highest BCUT2D eigenvalue weighted by molar-refractivity contribution is 4.79. The van der Waals surface area contributed by atoms with Gasteiger partial charge in [-0.1, -0.05) is 27.2 Å². The predicted octanol–water partition coefficient (Wildman–Crippen LogP) is 2.84. The van der Waals surface area contributed by atoms with E-state index in [1.807, 2.05) is 0 Å². The molecule has 3 unspecified atom stereocenters. The van der Waals surface area contributed by atoms with E-state index in [0.29, 0.717) is 17.9 Å². The van der Waals surface area contributed by atoms with Crippen molar-refractivity contribution >= 4 is 0 Å². The predicted molar refractivity (Wildman–Crippen MR) is 75.9 cm³/mol. The molecule has 1 fully saturated rings. The quantitative estimate of drug-likeness (QED) is 0.653. The van der Waals surface area contributed by atoms with E-state index < -0.39 is 0 Å². The van der Waals surface area contributed by atoms with E-state index in [4.69, 9.17) is 9.47 Å². The van der Waals surface area contributed by atoms with E-state index in [2.05, 4.69) is 26.1 Å². The van der Waals surface area contributed by atoms with E-state index in [-0.39, 0.29) is 0 Å². The van der Waals surface area contributed by atoms with Crippen molar-refractivity contribution in [2.45, 2.75) is 52.5 Å². The van der Waals surface area contributed by atoms with E-state index >= 15 is 0 Å². The first-order valence-corrected chi connectivity index (χ1v) is 7.66. The van der Waals surface area contributed by atoms with Gasteiger partial charge in [-0.25, -0.2) is 0 Å². The van der Waals surface area contributed by atoms with Crippen molar-refractivity contribution in [2.24, 2.45) is 11.8 Å². The van der Waals surface area contributed by atoms with Crippen molar-refractivity contribution in [3.05, 3.63) is 0 Å². The molecule has 1 aliphatic heterocycles. The van der Waals surface area contributed by atoms with Gasteiger partial charge in [0.25, 0.3) is 0 Å². The van der Waals surface area contributed by atoms with Gasteiger partial charge < -0.3 is 14.8 Å². The first kappa shape index (κ1) is 15.9. The lowest BCUT2D eigenvalue weighted by molar-refractivity contribution is 0.0656. The van der Waals surface area contributed by atoms with Crippen molar-refractivity contribution in [1.82, 2.24) is 5.32 Å². The minimum absolute atomic E-state index is 0.473. The highest BCUT2D eigenvalue weighted by atomic mass is 16.5. The summed E-state index contributed by atoms with van der Waals surface area (Å²) in [5.74, 6) is 1.32. The molecule has 18 heavy (non-hydrogen) atoms. The molecule has 3 nitrogen and oxygen atoms in total. The molecular weight excluding hydrogens is 226 g/mol. The van der Waals surface area contributed by atoms with Crippen molar-refractivity contribution < 1.29 is 9.47 Å². The van der Waals surface area contributed by atoms with E-state index in [9.17, 15) is 0 Å². The molecule has 0 saturated carbocycles. The largest absolute Gasteiger partial charge is 0.381 e. The van der Waals surface area contributed by atoms with Crippen LogP contribution in [0.2, 0.25) is 0 Å². The molecule has 3 atom stereocenters. The second kappa shape index (κ2) is 9.76. The maximum atomic E-state index is 5.90. The molecule has 1 aliphatic rings. The first-order chi connectivity index (χ1) is 8.77. The highest BCUT2D eigenvalue weighted by Crippen LogP contribution is 2.17. The molecule has 1 rings (SSSR count). The Morgan fingerprint density at radius 2 is 2.11 bits per heavy atom. The molecule has 0 amide bonds. The third-order valence-electron chi connectivity index (χ3n) is 3.67. The number of nitrogens with one attached hydrogen (secondary N) is 1. The van der Waals surface area contributed by atoms with E-state index in [0.717, 1.165) is 33.0 Å². The zero-order chi connectivity index (χ0) is 13.2. The standard InChI is InChI=1S/C15H31NO2/c1-4-6-13(3)10-18-12-15(16-8-5-2)14-7-9-17-11-14/h13-16H,4-12H2,1-3H3. The van der Waals surface area contributed by atoms with Gasteiger partial charge in [0.15, 0.2) is 0 Å². The molecule has 0 aliphatic carbocycles. The Labute approximate surface area is 113 Å². The normalized spacial score (nSPS) is 23.2. The molecule has 0 aromatic carbocycles. The summed E-state index contributed by atoms with van der Waals surface area (Å²) in [6.07, 6.45) is 4.86. The Morgan fingerprint density at radius 3 is 2.72 bits per heavy atom. The lowest BCUT2D eigenvalue weighted by Crippen LogP contribution is -2.41. The van der Waals surface area contributed by atoms with E-state index in [1.165, 1.54) is 25.7 Å². The molecule has 1 heterocycles. The summed E-state index contributed by atoms with van der Waals surface area (Å²) >= 11 is 0. The van der Waals surface area contributed by atoms with Crippen LogP contribution in [0, 0.1) is 11.8 Å². The molecule has 0 bridgehead atoms. The third kappa shape index (κ3) is 6.17. The summed E-state index contributed by atoms with van der Waals surface area (Å²) in [4.78, 5) is 0. The van der Waals surface area contributed by atoms with Gasteiger partial charge in [-0.2, -0.15) is 0 Å². The minimum atomic E-state index is 0.473. The summed E-state index contributed by atoms with van der Waals surface area (Å²) in [7, 11) is 0. The molecule has 0 spiro atoms. The Morgan fingerprint density at radius 1 is 1.28 bits per heavy atom. The van der Waals surface area contributed by atoms with Crippen LogP contribution < -0.4 is 5.32 Å². The first-order valence-electron chi connectivity index (χ1n) is 7.66. The molecule has 0 aromatic heterocycles. The van der Waals surface area contributed by atoms with Crippen LogP contribution >= 0.6 is 0 Å². The van der Waals surface area contributed by atoms with Crippen molar-refractivity contribution in [1.29, 1.82) is 0 Å². The SMILES string of the molecule is CCCNC(COCC(C)CCC)C1CCOC1. The average Bonchev–Trinajstić information content (AvgIpc) is 2.87. The van der Waals surface area contributed by atoms with Gasteiger partial charge >= 0.3 is 0 Å². The topological polar surface area (TPSA) is 30.5 Å². The number of hydrogen-bond acceptors (Lipinski definition) is 3. The Bertz CT molecular complexity index is 193. The van der Waals surface area contributed by atoms with Crippen LogP contribution in [0.15, 0.2) is 0 Å². The zero-order valence-corrected chi connectivity index (χ0v) is 12.4. The Hall–Kier alpha value is -0.120. The van der Waals surface area contributed by atoms with Crippen LogP contribution in [0.4, 0.5) is 0 Å². The van der Waals surface area contributed by atoms with Gasteiger partial charge in [-0.05, 0) is 31.7 Å². The second-order valence-electron chi connectivity index (χ2n) is 5.62. The van der Waals surface area contributed by atoms with Gasteiger partial charge in [0, 0.05) is 25.2 Å². The monoisotopic (exact) mass is 257 g/mol. The average molecular weight is 257 g/mol. The molecule has 1 saturated heterocycles. The van der Waals surface area contributed by atoms with Crippen LogP contribution in [-0.2, 0) is 9.47 Å². The van der Waals surface area contributed by atoms with Gasteiger partial charge in [-0.3, -0.25) is 0 Å². The van der Waals surface area contributed by atoms with Gasteiger partial charge in [-0.15, -0.1) is 0 Å². The molecule has 0 radical (unpaired) electrons. The van der Waals surface area contributed by atoms with Gasteiger partial charge in [0.05, 0.1) is 13.2 Å². The van der Waals surface area contributed by atoms with Crippen molar-refractivity contribution in [2.75, 3.05) is 33.0 Å². The maximum absolute atomic E-state index is 5.90. The van der Waals surface area contributed by atoms with Crippen LogP contribution in [0.1, 0.15) is 46.5 Å². The molecule has 0 aromatic rings. The number of rotatable bonds is 10.